The molecule has 1 aliphatic carbocycles. The molecule has 1 aromatic rings. The van der Waals surface area contributed by atoms with Crippen LogP contribution in [-0.4, -0.2) is 12.7 Å². The van der Waals surface area contributed by atoms with E-state index in [0.717, 1.165) is 31.4 Å². The van der Waals surface area contributed by atoms with Gasteiger partial charge in [-0.15, -0.1) is 0 Å². The SMILES string of the molecule is CCCCC=CCCOC1CCC(c2ccc(C#N)cc2)CC1. The maximum absolute atomic E-state index is 8.87. The number of hydrogen-bond donors (Lipinski definition) is 0. The van der Waals surface area contributed by atoms with Crippen LogP contribution in [0.15, 0.2) is 36.4 Å². The van der Waals surface area contributed by atoms with Crippen LogP contribution >= 0.6 is 0 Å². The summed E-state index contributed by atoms with van der Waals surface area (Å²) in [5.41, 5.74) is 2.12. The van der Waals surface area contributed by atoms with E-state index < -0.39 is 0 Å². The predicted molar refractivity (Wildman–Crippen MR) is 95.4 cm³/mol. The third kappa shape index (κ3) is 6.20. The number of nitriles is 1. The summed E-state index contributed by atoms with van der Waals surface area (Å²) in [5, 5.41) is 8.87. The van der Waals surface area contributed by atoms with Gasteiger partial charge >= 0.3 is 0 Å². The fourth-order valence-corrected chi connectivity index (χ4v) is 3.25. The van der Waals surface area contributed by atoms with Crippen LogP contribution in [0.25, 0.3) is 0 Å². The molecule has 0 bridgehead atoms. The molecule has 1 fully saturated rings. The molecule has 0 aromatic heterocycles. The van der Waals surface area contributed by atoms with Crippen LogP contribution in [-0.2, 0) is 4.74 Å². The summed E-state index contributed by atoms with van der Waals surface area (Å²) in [6.07, 6.45) is 14.5. The van der Waals surface area contributed by atoms with Gasteiger partial charge in [-0.05, 0) is 62.1 Å². The topological polar surface area (TPSA) is 33.0 Å². The maximum atomic E-state index is 8.87. The summed E-state index contributed by atoms with van der Waals surface area (Å²) in [6, 6.07) is 10.3. The lowest BCUT2D eigenvalue weighted by Crippen LogP contribution is -2.21. The average molecular weight is 311 g/mol. The van der Waals surface area contributed by atoms with Crippen molar-refractivity contribution in [2.75, 3.05) is 6.61 Å². The van der Waals surface area contributed by atoms with Crippen molar-refractivity contribution in [3.63, 3.8) is 0 Å². The average Bonchev–Trinajstić information content (AvgIpc) is 2.61. The van der Waals surface area contributed by atoms with Crippen molar-refractivity contribution >= 4 is 0 Å². The number of hydrogen-bond acceptors (Lipinski definition) is 2. The molecule has 2 rings (SSSR count). The monoisotopic (exact) mass is 311 g/mol. The second-order valence-electron chi connectivity index (χ2n) is 6.48. The Balaban J connectivity index is 1.64. The number of ether oxygens (including phenoxy) is 1. The fraction of sp³-hybridized carbons (Fsp3) is 0.571. The molecule has 0 atom stereocenters. The Labute approximate surface area is 141 Å². The molecule has 0 amide bonds. The second kappa shape index (κ2) is 10.2. The van der Waals surface area contributed by atoms with Crippen molar-refractivity contribution < 1.29 is 4.74 Å². The van der Waals surface area contributed by atoms with Gasteiger partial charge in [0.05, 0.1) is 24.3 Å². The third-order valence-corrected chi connectivity index (χ3v) is 4.71. The normalized spacial score (nSPS) is 21.4. The van der Waals surface area contributed by atoms with Gasteiger partial charge < -0.3 is 4.74 Å². The second-order valence-corrected chi connectivity index (χ2v) is 6.48. The van der Waals surface area contributed by atoms with E-state index in [2.05, 4.69) is 37.3 Å². The van der Waals surface area contributed by atoms with Crippen molar-refractivity contribution in [1.82, 2.24) is 0 Å². The van der Waals surface area contributed by atoms with Gasteiger partial charge in [0.1, 0.15) is 0 Å². The first-order chi connectivity index (χ1) is 11.3. The Morgan fingerprint density at radius 1 is 1.09 bits per heavy atom. The number of benzene rings is 1. The van der Waals surface area contributed by atoms with Crippen LogP contribution in [0.1, 0.15) is 75.3 Å². The molecule has 1 aliphatic rings. The lowest BCUT2D eigenvalue weighted by atomic mass is 9.82. The Hall–Kier alpha value is -1.59. The van der Waals surface area contributed by atoms with Gasteiger partial charge in [-0.25, -0.2) is 0 Å². The molecule has 0 heterocycles. The third-order valence-electron chi connectivity index (χ3n) is 4.71. The molecule has 2 nitrogen and oxygen atoms in total. The molecule has 1 aromatic carbocycles. The standard InChI is InChI=1S/C21H29NO/c1-2-3-4-5-6-7-16-23-21-14-12-20(13-15-21)19-10-8-18(17-22)9-11-19/h5-6,8-11,20-21H,2-4,7,12-16H2,1H3. The summed E-state index contributed by atoms with van der Waals surface area (Å²) >= 11 is 0. The van der Waals surface area contributed by atoms with E-state index in [1.165, 1.54) is 37.7 Å². The molecule has 0 radical (unpaired) electrons. The van der Waals surface area contributed by atoms with Crippen molar-refractivity contribution in [3.8, 4) is 6.07 Å². The van der Waals surface area contributed by atoms with E-state index in [4.69, 9.17) is 10.00 Å². The minimum absolute atomic E-state index is 0.439. The number of nitrogens with zero attached hydrogens (tertiary/aromatic N) is 1. The van der Waals surface area contributed by atoms with Gasteiger partial charge in [0.25, 0.3) is 0 Å². The molecule has 0 aliphatic heterocycles. The zero-order valence-corrected chi connectivity index (χ0v) is 14.3. The highest BCUT2D eigenvalue weighted by molar-refractivity contribution is 5.33. The first-order valence-electron chi connectivity index (χ1n) is 9.10. The summed E-state index contributed by atoms with van der Waals surface area (Å²) < 4.78 is 6.02. The largest absolute Gasteiger partial charge is 0.378 e. The zero-order valence-electron chi connectivity index (χ0n) is 14.3. The van der Waals surface area contributed by atoms with Crippen molar-refractivity contribution in [1.29, 1.82) is 5.26 Å². The first-order valence-corrected chi connectivity index (χ1v) is 9.10. The van der Waals surface area contributed by atoms with Crippen molar-refractivity contribution in [3.05, 3.63) is 47.5 Å². The van der Waals surface area contributed by atoms with Crippen LogP contribution < -0.4 is 0 Å². The fourth-order valence-electron chi connectivity index (χ4n) is 3.25. The lowest BCUT2D eigenvalue weighted by molar-refractivity contribution is 0.0274. The van der Waals surface area contributed by atoms with Gasteiger partial charge in [0.15, 0.2) is 0 Å². The van der Waals surface area contributed by atoms with Gasteiger partial charge in [0, 0.05) is 0 Å². The lowest BCUT2D eigenvalue weighted by Gasteiger charge is -2.28. The van der Waals surface area contributed by atoms with E-state index in [0.29, 0.717) is 12.0 Å². The predicted octanol–water partition coefficient (Wildman–Crippen LogP) is 5.74. The highest BCUT2D eigenvalue weighted by Gasteiger charge is 2.22. The quantitative estimate of drug-likeness (QED) is 0.453. The molecular formula is C21H29NO. The van der Waals surface area contributed by atoms with Crippen molar-refractivity contribution in [2.24, 2.45) is 0 Å². The summed E-state index contributed by atoms with van der Waals surface area (Å²) in [4.78, 5) is 0. The van der Waals surface area contributed by atoms with Crippen LogP contribution in [0.4, 0.5) is 0 Å². The van der Waals surface area contributed by atoms with E-state index in [1.807, 2.05) is 12.1 Å². The van der Waals surface area contributed by atoms with E-state index in [9.17, 15) is 0 Å². The Kier molecular flexibility index (Phi) is 7.90. The van der Waals surface area contributed by atoms with E-state index in [-0.39, 0.29) is 0 Å². The number of rotatable bonds is 8. The van der Waals surface area contributed by atoms with Gasteiger partial charge in [-0.1, -0.05) is 44.1 Å². The van der Waals surface area contributed by atoms with E-state index >= 15 is 0 Å². The first kappa shape index (κ1) is 17.8. The molecule has 124 valence electrons. The van der Waals surface area contributed by atoms with Gasteiger partial charge in [0.2, 0.25) is 0 Å². The summed E-state index contributed by atoms with van der Waals surface area (Å²) in [7, 11) is 0. The van der Waals surface area contributed by atoms with Gasteiger partial charge in [-0.2, -0.15) is 5.26 Å². The molecule has 0 N–H and O–H groups in total. The minimum Gasteiger partial charge on any atom is -0.378 e. The molecular weight excluding hydrogens is 282 g/mol. The van der Waals surface area contributed by atoms with Crippen LogP contribution in [0.2, 0.25) is 0 Å². The minimum atomic E-state index is 0.439. The summed E-state index contributed by atoms with van der Waals surface area (Å²) in [6.45, 7) is 3.08. The molecule has 0 unspecified atom stereocenters. The number of allylic oxidation sites excluding steroid dienone is 1. The highest BCUT2D eigenvalue weighted by atomic mass is 16.5. The number of unbranched alkanes of at least 4 members (excludes halogenated alkanes) is 2. The smallest absolute Gasteiger partial charge is 0.0991 e. The molecule has 2 heteroatoms. The Bertz CT molecular complexity index is 504. The van der Waals surface area contributed by atoms with Gasteiger partial charge in [-0.3, -0.25) is 0 Å². The maximum Gasteiger partial charge on any atom is 0.0991 e. The van der Waals surface area contributed by atoms with Crippen molar-refractivity contribution in [2.45, 2.75) is 70.3 Å². The zero-order chi connectivity index (χ0) is 16.3. The molecule has 1 saturated carbocycles. The van der Waals surface area contributed by atoms with Crippen LogP contribution in [0, 0.1) is 11.3 Å². The Morgan fingerprint density at radius 2 is 1.78 bits per heavy atom. The van der Waals surface area contributed by atoms with Crippen LogP contribution in [0.3, 0.4) is 0 Å². The highest BCUT2D eigenvalue weighted by Crippen LogP contribution is 2.34. The summed E-state index contributed by atoms with van der Waals surface area (Å²) in [5.74, 6) is 0.636. The molecule has 0 saturated heterocycles. The van der Waals surface area contributed by atoms with E-state index in [1.54, 1.807) is 0 Å². The van der Waals surface area contributed by atoms with Crippen LogP contribution in [0.5, 0.6) is 0 Å². The Morgan fingerprint density at radius 3 is 2.43 bits per heavy atom. The molecule has 0 spiro atoms. The molecule has 23 heavy (non-hydrogen) atoms.